The van der Waals surface area contributed by atoms with Gasteiger partial charge in [-0.1, -0.05) is 46.3 Å². The van der Waals surface area contributed by atoms with Gasteiger partial charge in [0.2, 0.25) is 0 Å². The van der Waals surface area contributed by atoms with E-state index < -0.39 is 18.1 Å². The number of carbonyl (C=O) groups excluding carboxylic acids is 3. The van der Waals surface area contributed by atoms with Gasteiger partial charge < -0.3 is 9.47 Å². The van der Waals surface area contributed by atoms with Crippen molar-refractivity contribution in [3.05, 3.63) is 64.6 Å². The zero-order valence-corrected chi connectivity index (χ0v) is 16.1. The van der Waals surface area contributed by atoms with Gasteiger partial charge in [-0.05, 0) is 37.1 Å². The quantitative estimate of drug-likeness (QED) is 0.531. The second-order valence-corrected chi connectivity index (χ2v) is 6.99. The van der Waals surface area contributed by atoms with E-state index in [2.05, 4.69) is 15.9 Å². The Kier molecular flexibility index (Phi) is 6.24. The minimum atomic E-state index is -0.737. The maximum absolute atomic E-state index is 12.4. The van der Waals surface area contributed by atoms with E-state index in [1.165, 1.54) is 4.90 Å². The molecule has 1 fully saturated rings. The molecule has 7 heteroatoms. The summed E-state index contributed by atoms with van der Waals surface area (Å²) in [6, 6.07) is 14.7. The van der Waals surface area contributed by atoms with Crippen molar-refractivity contribution in [3.63, 3.8) is 0 Å². The molecule has 1 heterocycles. The van der Waals surface area contributed by atoms with E-state index in [0.29, 0.717) is 30.7 Å². The monoisotopic (exact) mass is 431 g/mol. The number of esters is 1. The highest BCUT2D eigenvalue weighted by Gasteiger charge is 2.36. The zero-order valence-electron chi connectivity index (χ0n) is 14.5. The van der Waals surface area contributed by atoms with Crippen LogP contribution in [0.1, 0.15) is 23.2 Å². The van der Waals surface area contributed by atoms with Crippen LogP contribution in [-0.2, 0) is 9.53 Å². The molecule has 0 radical (unpaired) electrons. The number of ether oxygens (including phenoxy) is 2. The topological polar surface area (TPSA) is 72.9 Å². The summed E-state index contributed by atoms with van der Waals surface area (Å²) in [5.41, 5.74) is 0.456. The van der Waals surface area contributed by atoms with Gasteiger partial charge in [-0.3, -0.25) is 9.69 Å². The summed E-state index contributed by atoms with van der Waals surface area (Å²) >= 11 is 3.30. The molecular weight excluding hydrogens is 414 g/mol. The minimum absolute atomic E-state index is 0.299. The molecule has 1 atom stereocenters. The normalized spacial score (nSPS) is 16.0. The van der Waals surface area contributed by atoms with Gasteiger partial charge in [0.1, 0.15) is 11.8 Å². The van der Waals surface area contributed by atoms with Gasteiger partial charge >= 0.3 is 12.1 Å². The number of nitrogens with zero attached hydrogens (tertiary/aromatic N) is 1. The van der Waals surface area contributed by atoms with E-state index in [1.807, 2.05) is 6.07 Å². The van der Waals surface area contributed by atoms with E-state index in [1.54, 1.807) is 48.5 Å². The Hall–Kier alpha value is -2.67. The number of hydrogen-bond donors (Lipinski definition) is 0. The Bertz CT molecular complexity index is 822. The summed E-state index contributed by atoms with van der Waals surface area (Å²) in [6.45, 7) is 0.0463. The smallest absolute Gasteiger partial charge is 0.415 e. The molecule has 1 saturated heterocycles. The number of rotatable bonds is 5. The fourth-order valence-corrected chi connectivity index (χ4v) is 3.09. The van der Waals surface area contributed by atoms with E-state index >= 15 is 0 Å². The zero-order chi connectivity index (χ0) is 19.2. The highest BCUT2D eigenvalue weighted by molar-refractivity contribution is 9.10. The largest absolute Gasteiger partial charge is 0.456 e. The number of likely N-dealkylation sites (tertiary alicyclic amines) is 1. The third-order valence-corrected chi connectivity index (χ3v) is 4.75. The van der Waals surface area contributed by atoms with Crippen LogP contribution in [0.5, 0.6) is 5.75 Å². The highest BCUT2D eigenvalue weighted by atomic mass is 79.9. The summed E-state index contributed by atoms with van der Waals surface area (Å²) in [5, 5.41) is 0. The lowest BCUT2D eigenvalue weighted by molar-refractivity contribution is -0.147. The lowest BCUT2D eigenvalue weighted by Crippen LogP contribution is -2.43. The molecular formula is C20H18BrNO5. The van der Waals surface area contributed by atoms with Crippen molar-refractivity contribution >= 4 is 33.8 Å². The van der Waals surface area contributed by atoms with Crippen molar-refractivity contribution in [2.45, 2.75) is 18.9 Å². The summed E-state index contributed by atoms with van der Waals surface area (Å²) in [4.78, 5) is 38.2. The third-order valence-electron chi connectivity index (χ3n) is 4.22. The van der Waals surface area contributed by atoms with Gasteiger partial charge in [0.05, 0.1) is 0 Å². The van der Waals surface area contributed by atoms with Crippen LogP contribution < -0.4 is 4.74 Å². The molecule has 1 aliphatic heterocycles. The first-order valence-corrected chi connectivity index (χ1v) is 9.33. The Morgan fingerprint density at radius 1 is 1.04 bits per heavy atom. The van der Waals surface area contributed by atoms with Crippen LogP contribution in [-0.4, -0.2) is 41.9 Å². The standard InChI is InChI=1S/C20H18BrNO5/c21-15-10-8-14(9-11-15)18(23)13-26-19(24)17-7-4-12-22(17)20(25)27-16-5-2-1-3-6-16/h1-3,5-6,8-11,17H,4,7,12-13H2/t17-/m1/s1. The third kappa shape index (κ3) is 4.95. The molecule has 1 amide bonds. The van der Waals surface area contributed by atoms with Crippen LogP contribution in [0.2, 0.25) is 0 Å². The summed E-state index contributed by atoms with van der Waals surface area (Å²) in [5.74, 6) is -0.484. The second-order valence-electron chi connectivity index (χ2n) is 6.07. The lowest BCUT2D eigenvalue weighted by Gasteiger charge is -2.22. The maximum Gasteiger partial charge on any atom is 0.415 e. The van der Waals surface area contributed by atoms with Gasteiger partial charge in [0.25, 0.3) is 0 Å². The number of halogens is 1. The van der Waals surface area contributed by atoms with E-state index in [4.69, 9.17) is 9.47 Å². The van der Waals surface area contributed by atoms with Crippen molar-refractivity contribution in [2.75, 3.05) is 13.2 Å². The molecule has 0 N–H and O–H groups in total. The summed E-state index contributed by atoms with van der Waals surface area (Å²) in [6.07, 6.45) is 0.555. The Morgan fingerprint density at radius 3 is 2.44 bits per heavy atom. The van der Waals surface area contributed by atoms with E-state index in [0.717, 1.165) is 4.47 Å². The summed E-state index contributed by atoms with van der Waals surface area (Å²) < 4.78 is 11.3. The number of hydrogen-bond acceptors (Lipinski definition) is 5. The average Bonchev–Trinajstić information content (AvgIpc) is 3.17. The van der Waals surface area contributed by atoms with Crippen LogP contribution in [0.25, 0.3) is 0 Å². The van der Waals surface area contributed by atoms with Gasteiger partial charge in [0, 0.05) is 16.6 Å². The highest BCUT2D eigenvalue weighted by Crippen LogP contribution is 2.21. The Balaban J connectivity index is 1.56. The van der Waals surface area contributed by atoms with Gasteiger partial charge in [-0.25, -0.2) is 9.59 Å². The molecule has 0 aromatic heterocycles. The number of amides is 1. The number of para-hydroxylation sites is 1. The number of ketones is 1. The van der Waals surface area contributed by atoms with Crippen molar-refractivity contribution in [2.24, 2.45) is 0 Å². The average molecular weight is 432 g/mol. The van der Waals surface area contributed by atoms with Crippen LogP contribution in [0, 0.1) is 0 Å². The molecule has 140 valence electrons. The Morgan fingerprint density at radius 2 is 1.74 bits per heavy atom. The molecule has 2 aromatic carbocycles. The molecule has 3 rings (SSSR count). The predicted molar refractivity (Wildman–Crippen MR) is 102 cm³/mol. The summed E-state index contributed by atoms with van der Waals surface area (Å²) in [7, 11) is 0. The molecule has 0 saturated carbocycles. The van der Waals surface area contributed by atoms with E-state index in [9.17, 15) is 14.4 Å². The molecule has 0 spiro atoms. The fourth-order valence-electron chi connectivity index (χ4n) is 2.83. The minimum Gasteiger partial charge on any atom is -0.456 e. The number of carbonyl (C=O) groups is 3. The molecule has 0 unspecified atom stereocenters. The first-order valence-electron chi connectivity index (χ1n) is 8.53. The van der Waals surface area contributed by atoms with Crippen molar-refractivity contribution in [1.82, 2.24) is 4.90 Å². The van der Waals surface area contributed by atoms with Crippen molar-refractivity contribution in [1.29, 1.82) is 0 Å². The van der Waals surface area contributed by atoms with Crippen LogP contribution in [0.15, 0.2) is 59.1 Å². The molecule has 27 heavy (non-hydrogen) atoms. The molecule has 6 nitrogen and oxygen atoms in total. The first kappa shape index (κ1) is 19.1. The Labute approximate surface area is 165 Å². The lowest BCUT2D eigenvalue weighted by atomic mass is 10.1. The second kappa shape index (κ2) is 8.81. The molecule has 2 aromatic rings. The SMILES string of the molecule is O=C(COC(=O)[C@H]1CCCN1C(=O)Oc1ccccc1)c1ccc(Br)cc1. The number of benzene rings is 2. The molecule has 1 aliphatic rings. The van der Waals surface area contributed by atoms with Crippen molar-refractivity contribution in [3.8, 4) is 5.75 Å². The predicted octanol–water partition coefficient (Wildman–Crippen LogP) is 3.84. The van der Waals surface area contributed by atoms with Gasteiger partial charge in [-0.15, -0.1) is 0 Å². The van der Waals surface area contributed by atoms with Crippen molar-refractivity contribution < 1.29 is 23.9 Å². The van der Waals surface area contributed by atoms with Crippen LogP contribution in [0.4, 0.5) is 4.79 Å². The fraction of sp³-hybridized carbons (Fsp3) is 0.250. The molecule has 0 bridgehead atoms. The van der Waals surface area contributed by atoms with Crippen LogP contribution in [0.3, 0.4) is 0 Å². The van der Waals surface area contributed by atoms with Gasteiger partial charge in [-0.2, -0.15) is 0 Å². The number of Topliss-reactive ketones (excluding diaryl/α,β-unsaturated/α-hetero) is 1. The maximum atomic E-state index is 12.4. The van der Waals surface area contributed by atoms with Gasteiger partial charge in [0.15, 0.2) is 12.4 Å². The van der Waals surface area contributed by atoms with Crippen LogP contribution >= 0.6 is 15.9 Å². The molecule has 0 aliphatic carbocycles. The first-order chi connectivity index (χ1) is 13.0. The van der Waals surface area contributed by atoms with E-state index in [-0.39, 0.29) is 12.4 Å².